The summed E-state index contributed by atoms with van der Waals surface area (Å²) in [5, 5.41) is 8.57. The monoisotopic (exact) mass is 223 g/mol. The molecule has 4 nitrogen and oxygen atoms in total. The van der Waals surface area contributed by atoms with Gasteiger partial charge in [-0.15, -0.1) is 0 Å². The van der Waals surface area contributed by atoms with E-state index in [2.05, 4.69) is 6.92 Å². The largest absolute Gasteiger partial charge is 0.491 e. The summed E-state index contributed by atoms with van der Waals surface area (Å²) in [4.78, 5) is 10.5. The van der Waals surface area contributed by atoms with Gasteiger partial charge in [0, 0.05) is 0 Å². The van der Waals surface area contributed by atoms with Gasteiger partial charge in [0.2, 0.25) is 0 Å². The Morgan fingerprint density at radius 1 is 1.44 bits per heavy atom. The molecule has 1 aromatic carbocycles. The van der Waals surface area contributed by atoms with Gasteiger partial charge in [-0.3, -0.25) is 4.79 Å². The van der Waals surface area contributed by atoms with E-state index in [4.69, 9.17) is 15.6 Å². The van der Waals surface area contributed by atoms with Crippen LogP contribution in [0.2, 0.25) is 0 Å². The second-order valence-corrected chi connectivity index (χ2v) is 3.65. The summed E-state index contributed by atoms with van der Waals surface area (Å²) in [6.45, 7) is 2.11. The first-order chi connectivity index (χ1) is 7.63. The third kappa shape index (κ3) is 3.90. The normalized spacial score (nSPS) is 12.1. The molecule has 0 heterocycles. The van der Waals surface area contributed by atoms with Crippen molar-refractivity contribution in [1.82, 2.24) is 0 Å². The fraction of sp³-hybridized carbons (Fsp3) is 0.417. The Labute approximate surface area is 95.0 Å². The molecule has 0 bridgehead atoms. The Balaban J connectivity index is 2.46. The minimum absolute atomic E-state index is 0.0115. The van der Waals surface area contributed by atoms with E-state index in [1.165, 1.54) is 5.56 Å². The zero-order chi connectivity index (χ0) is 12.0. The SMILES string of the molecule is CCCc1ccc(OCC(N)C(=O)O)cc1. The van der Waals surface area contributed by atoms with Gasteiger partial charge in [0.15, 0.2) is 0 Å². The molecule has 0 aliphatic rings. The molecule has 0 aliphatic carbocycles. The fourth-order valence-corrected chi connectivity index (χ4v) is 1.30. The van der Waals surface area contributed by atoms with Gasteiger partial charge in [-0.2, -0.15) is 0 Å². The average Bonchev–Trinajstić information content (AvgIpc) is 2.28. The van der Waals surface area contributed by atoms with Crippen LogP contribution < -0.4 is 10.5 Å². The smallest absolute Gasteiger partial charge is 0.324 e. The molecule has 0 fully saturated rings. The Kier molecular flexibility index (Phi) is 4.79. The van der Waals surface area contributed by atoms with Crippen molar-refractivity contribution < 1.29 is 14.6 Å². The lowest BCUT2D eigenvalue weighted by atomic mass is 10.1. The van der Waals surface area contributed by atoms with E-state index in [0.717, 1.165) is 12.8 Å². The number of aryl methyl sites for hydroxylation is 1. The molecule has 3 N–H and O–H groups in total. The van der Waals surface area contributed by atoms with Crippen LogP contribution in [-0.4, -0.2) is 23.7 Å². The summed E-state index contributed by atoms with van der Waals surface area (Å²) in [5.74, 6) is -0.404. The van der Waals surface area contributed by atoms with Gasteiger partial charge in [-0.05, 0) is 24.1 Å². The van der Waals surface area contributed by atoms with Crippen molar-refractivity contribution in [1.29, 1.82) is 0 Å². The molecule has 1 unspecified atom stereocenters. The Morgan fingerprint density at radius 3 is 2.56 bits per heavy atom. The highest BCUT2D eigenvalue weighted by molar-refractivity contribution is 5.73. The second kappa shape index (κ2) is 6.12. The van der Waals surface area contributed by atoms with Crippen LogP contribution in [0.15, 0.2) is 24.3 Å². The molecule has 4 heteroatoms. The van der Waals surface area contributed by atoms with Gasteiger partial charge < -0.3 is 15.6 Å². The van der Waals surface area contributed by atoms with Crippen molar-refractivity contribution in [3.63, 3.8) is 0 Å². The molecule has 1 atom stereocenters. The molecular formula is C12H17NO3. The van der Waals surface area contributed by atoms with E-state index in [-0.39, 0.29) is 6.61 Å². The van der Waals surface area contributed by atoms with Crippen molar-refractivity contribution >= 4 is 5.97 Å². The Hall–Kier alpha value is -1.55. The predicted octanol–water partition coefficient (Wildman–Crippen LogP) is 1.43. The molecule has 0 aliphatic heterocycles. The summed E-state index contributed by atoms with van der Waals surface area (Å²) in [7, 11) is 0. The van der Waals surface area contributed by atoms with Gasteiger partial charge in [0.05, 0.1) is 0 Å². The third-order valence-electron chi connectivity index (χ3n) is 2.21. The number of aliphatic carboxylic acids is 1. The van der Waals surface area contributed by atoms with E-state index in [1.54, 1.807) is 0 Å². The van der Waals surface area contributed by atoms with Gasteiger partial charge in [0.25, 0.3) is 0 Å². The Morgan fingerprint density at radius 2 is 2.06 bits per heavy atom. The summed E-state index contributed by atoms with van der Waals surface area (Å²) < 4.78 is 5.26. The number of carbonyl (C=O) groups is 1. The highest BCUT2D eigenvalue weighted by atomic mass is 16.5. The highest BCUT2D eigenvalue weighted by Crippen LogP contribution is 2.13. The van der Waals surface area contributed by atoms with Gasteiger partial charge in [-0.25, -0.2) is 0 Å². The first-order valence-corrected chi connectivity index (χ1v) is 5.33. The van der Waals surface area contributed by atoms with Gasteiger partial charge >= 0.3 is 5.97 Å². The maximum Gasteiger partial charge on any atom is 0.324 e. The average molecular weight is 223 g/mol. The standard InChI is InChI=1S/C12H17NO3/c1-2-3-9-4-6-10(7-5-9)16-8-11(13)12(14)15/h4-7,11H,2-3,8,13H2,1H3,(H,14,15). The van der Waals surface area contributed by atoms with Crippen LogP contribution in [-0.2, 0) is 11.2 Å². The molecule has 16 heavy (non-hydrogen) atoms. The number of nitrogens with two attached hydrogens (primary N) is 1. The minimum atomic E-state index is -1.05. The summed E-state index contributed by atoms with van der Waals surface area (Å²) in [5.41, 5.74) is 6.56. The third-order valence-corrected chi connectivity index (χ3v) is 2.21. The minimum Gasteiger partial charge on any atom is -0.491 e. The molecular weight excluding hydrogens is 206 g/mol. The molecule has 0 amide bonds. The molecule has 0 saturated heterocycles. The number of carboxylic acids is 1. The van der Waals surface area contributed by atoms with E-state index in [9.17, 15) is 4.79 Å². The van der Waals surface area contributed by atoms with Crippen molar-refractivity contribution in [2.24, 2.45) is 5.73 Å². The molecule has 0 spiro atoms. The fourth-order valence-electron chi connectivity index (χ4n) is 1.30. The van der Waals surface area contributed by atoms with Gasteiger partial charge in [-0.1, -0.05) is 25.5 Å². The summed E-state index contributed by atoms with van der Waals surface area (Å²) in [6.07, 6.45) is 2.14. The van der Waals surface area contributed by atoms with Crippen molar-refractivity contribution in [3.8, 4) is 5.75 Å². The maximum absolute atomic E-state index is 10.5. The topological polar surface area (TPSA) is 72.5 Å². The quantitative estimate of drug-likeness (QED) is 0.765. The van der Waals surface area contributed by atoms with Crippen LogP contribution in [0.4, 0.5) is 0 Å². The van der Waals surface area contributed by atoms with Crippen molar-refractivity contribution in [3.05, 3.63) is 29.8 Å². The zero-order valence-corrected chi connectivity index (χ0v) is 9.35. The molecule has 1 rings (SSSR count). The van der Waals surface area contributed by atoms with E-state index >= 15 is 0 Å². The van der Waals surface area contributed by atoms with Crippen LogP contribution in [0, 0.1) is 0 Å². The van der Waals surface area contributed by atoms with Crippen molar-refractivity contribution in [2.45, 2.75) is 25.8 Å². The number of benzene rings is 1. The van der Waals surface area contributed by atoms with E-state index in [1.807, 2.05) is 24.3 Å². The number of ether oxygens (including phenoxy) is 1. The number of carboxylic acid groups (broad SMARTS) is 1. The van der Waals surface area contributed by atoms with E-state index in [0.29, 0.717) is 5.75 Å². The molecule has 0 radical (unpaired) electrons. The number of hydrogen-bond acceptors (Lipinski definition) is 3. The Bertz CT molecular complexity index is 335. The zero-order valence-electron chi connectivity index (χ0n) is 9.35. The number of rotatable bonds is 6. The lowest BCUT2D eigenvalue weighted by Gasteiger charge is -2.09. The lowest BCUT2D eigenvalue weighted by molar-refractivity contribution is -0.139. The maximum atomic E-state index is 10.5. The molecule has 1 aromatic rings. The molecule has 0 saturated carbocycles. The van der Waals surface area contributed by atoms with Crippen LogP contribution in [0.5, 0.6) is 5.75 Å². The first-order valence-electron chi connectivity index (χ1n) is 5.33. The molecule has 88 valence electrons. The lowest BCUT2D eigenvalue weighted by Crippen LogP contribution is -2.36. The highest BCUT2D eigenvalue weighted by Gasteiger charge is 2.11. The summed E-state index contributed by atoms with van der Waals surface area (Å²) in [6, 6.07) is 6.64. The predicted molar refractivity (Wildman–Crippen MR) is 61.5 cm³/mol. The van der Waals surface area contributed by atoms with Crippen LogP contribution in [0.1, 0.15) is 18.9 Å². The first kappa shape index (κ1) is 12.5. The van der Waals surface area contributed by atoms with Crippen LogP contribution in [0.25, 0.3) is 0 Å². The van der Waals surface area contributed by atoms with Crippen molar-refractivity contribution in [2.75, 3.05) is 6.61 Å². The summed E-state index contributed by atoms with van der Waals surface area (Å²) >= 11 is 0. The van der Waals surface area contributed by atoms with Gasteiger partial charge in [0.1, 0.15) is 18.4 Å². The second-order valence-electron chi connectivity index (χ2n) is 3.65. The van der Waals surface area contributed by atoms with E-state index < -0.39 is 12.0 Å². The molecule has 0 aromatic heterocycles. The van der Waals surface area contributed by atoms with Crippen LogP contribution in [0.3, 0.4) is 0 Å². The number of hydrogen-bond donors (Lipinski definition) is 2. The van der Waals surface area contributed by atoms with Crippen LogP contribution >= 0.6 is 0 Å².